The van der Waals surface area contributed by atoms with Crippen LogP contribution >= 0.6 is 23.1 Å². The maximum Gasteiger partial charge on any atom is 0.237 e. The minimum atomic E-state index is 0.0937. The fourth-order valence-corrected chi connectivity index (χ4v) is 4.39. The second-order valence-electron chi connectivity index (χ2n) is 6.23. The molecule has 1 amide bonds. The van der Waals surface area contributed by atoms with Gasteiger partial charge in [0.15, 0.2) is 4.34 Å². The molecular weight excluding hydrogens is 398 g/mol. The molecule has 8 nitrogen and oxygen atoms in total. The maximum absolute atomic E-state index is 12.2. The van der Waals surface area contributed by atoms with Crippen LogP contribution in [0.4, 0.5) is 5.13 Å². The van der Waals surface area contributed by atoms with Crippen molar-refractivity contribution in [1.82, 2.24) is 20.3 Å². The van der Waals surface area contributed by atoms with Gasteiger partial charge in [-0.25, -0.2) is 0 Å². The van der Waals surface area contributed by atoms with Crippen LogP contribution in [0.25, 0.3) is 11.4 Å². The van der Waals surface area contributed by atoms with E-state index < -0.39 is 0 Å². The van der Waals surface area contributed by atoms with E-state index in [0.29, 0.717) is 29.0 Å². The number of ether oxygens (including phenoxy) is 1. The summed E-state index contributed by atoms with van der Waals surface area (Å²) in [7, 11) is 1.62. The zero-order chi connectivity index (χ0) is 19.5. The minimum absolute atomic E-state index is 0.0937. The number of carbonyl (C=O) groups is 1. The summed E-state index contributed by atoms with van der Waals surface area (Å²) < 4.78 is 11.3. The first-order valence-corrected chi connectivity index (χ1v) is 10.7. The Morgan fingerprint density at radius 2 is 2.11 bits per heavy atom. The van der Waals surface area contributed by atoms with Gasteiger partial charge >= 0.3 is 0 Å². The van der Waals surface area contributed by atoms with Crippen molar-refractivity contribution in [3.63, 3.8) is 0 Å². The topological polar surface area (TPSA) is 94.2 Å². The lowest BCUT2D eigenvalue weighted by Crippen LogP contribution is -2.32. The molecule has 1 saturated carbocycles. The Morgan fingerprint density at radius 1 is 1.32 bits per heavy atom. The molecule has 3 aromatic rings. The van der Waals surface area contributed by atoms with Crippen molar-refractivity contribution in [3.8, 4) is 17.1 Å². The second kappa shape index (κ2) is 8.27. The average molecular weight is 418 g/mol. The Labute approximate surface area is 170 Å². The largest absolute Gasteiger partial charge is 0.497 e. The summed E-state index contributed by atoms with van der Waals surface area (Å²) in [5.74, 6) is 2.40. The van der Waals surface area contributed by atoms with Crippen LogP contribution in [0.1, 0.15) is 32.1 Å². The summed E-state index contributed by atoms with van der Waals surface area (Å²) in [6.07, 6.45) is 2.53. The Kier molecular flexibility index (Phi) is 5.58. The Balaban J connectivity index is 1.39. The summed E-state index contributed by atoms with van der Waals surface area (Å²) in [5.41, 5.74) is 0.858. The van der Waals surface area contributed by atoms with Crippen molar-refractivity contribution < 1.29 is 14.1 Å². The van der Waals surface area contributed by atoms with Gasteiger partial charge in [0.2, 0.25) is 22.8 Å². The van der Waals surface area contributed by atoms with Gasteiger partial charge in [0.05, 0.1) is 12.9 Å². The zero-order valence-corrected chi connectivity index (χ0v) is 17.1. The van der Waals surface area contributed by atoms with E-state index in [1.165, 1.54) is 23.1 Å². The fourth-order valence-electron chi connectivity index (χ4n) is 2.62. The molecule has 0 bridgehead atoms. The third-order valence-corrected chi connectivity index (χ3v) is 6.26. The van der Waals surface area contributed by atoms with Gasteiger partial charge in [0, 0.05) is 18.0 Å². The second-order valence-corrected chi connectivity index (χ2v) is 8.41. The van der Waals surface area contributed by atoms with Crippen LogP contribution < -0.4 is 9.64 Å². The molecule has 0 saturated heterocycles. The number of rotatable bonds is 8. The molecule has 1 aliphatic rings. The van der Waals surface area contributed by atoms with Crippen LogP contribution in [0.3, 0.4) is 0 Å². The summed E-state index contributed by atoms with van der Waals surface area (Å²) in [6, 6.07) is 7.75. The molecule has 0 radical (unpaired) electrons. The lowest BCUT2D eigenvalue weighted by atomic mass is 10.2. The first kappa shape index (κ1) is 18.9. The van der Waals surface area contributed by atoms with Crippen LogP contribution in [0.2, 0.25) is 0 Å². The van der Waals surface area contributed by atoms with Gasteiger partial charge in [-0.3, -0.25) is 9.69 Å². The SMILES string of the molecule is CCC(=O)N(c1nnc(SCc2nc(-c3ccc(OC)cc3)no2)s1)C1CC1. The summed E-state index contributed by atoms with van der Waals surface area (Å²) in [4.78, 5) is 18.4. The number of carbonyl (C=O) groups excluding carboxylic acids is 1. The van der Waals surface area contributed by atoms with Gasteiger partial charge in [0.1, 0.15) is 5.75 Å². The van der Waals surface area contributed by atoms with Gasteiger partial charge in [-0.05, 0) is 37.1 Å². The smallest absolute Gasteiger partial charge is 0.237 e. The summed E-state index contributed by atoms with van der Waals surface area (Å²) >= 11 is 2.89. The predicted molar refractivity (Wildman–Crippen MR) is 107 cm³/mol. The highest BCUT2D eigenvalue weighted by atomic mass is 32.2. The molecule has 2 aromatic heterocycles. The highest BCUT2D eigenvalue weighted by molar-refractivity contribution is 8.00. The predicted octanol–water partition coefficient (Wildman–Crippen LogP) is 3.79. The number of aromatic nitrogens is 4. The van der Waals surface area contributed by atoms with Crippen LogP contribution in [0.5, 0.6) is 5.75 Å². The normalized spacial score (nSPS) is 13.5. The third-order valence-electron chi connectivity index (χ3n) is 4.22. The lowest BCUT2D eigenvalue weighted by Gasteiger charge is -2.17. The molecular formula is C18H19N5O3S2. The van der Waals surface area contributed by atoms with Crippen molar-refractivity contribution in [2.24, 2.45) is 0 Å². The maximum atomic E-state index is 12.2. The van der Waals surface area contributed by atoms with E-state index in [-0.39, 0.29) is 11.9 Å². The van der Waals surface area contributed by atoms with E-state index >= 15 is 0 Å². The summed E-state index contributed by atoms with van der Waals surface area (Å²) in [5, 5.41) is 13.1. The molecule has 1 aliphatic carbocycles. The highest BCUT2D eigenvalue weighted by Crippen LogP contribution is 2.36. The zero-order valence-electron chi connectivity index (χ0n) is 15.5. The van der Waals surface area contributed by atoms with Crippen LogP contribution in [-0.2, 0) is 10.5 Å². The molecule has 0 atom stereocenters. The van der Waals surface area contributed by atoms with E-state index in [2.05, 4.69) is 20.3 Å². The van der Waals surface area contributed by atoms with E-state index in [0.717, 1.165) is 28.5 Å². The highest BCUT2D eigenvalue weighted by Gasteiger charge is 2.35. The first-order valence-electron chi connectivity index (χ1n) is 8.93. The minimum Gasteiger partial charge on any atom is -0.497 e. The van der Waals surface area contributed by atoms with Gasteiger partial charge in [0.25, 0.3) is 0 Å². The average Bonchev–Trinajstić information content (AvgIpc) is 3.26. The van der Waals surface area contributed by atoms with E-state index in [4.69, 9.17) is 9.26 Å². The third kappa shape index (κ3) is 4.17. The molecule has 0 aliphatic heterocycles. The lowest BCUT2D eigenvalue weighted by molar-refractivity contribution is -0.118. The van der Waals surface area contributed by atoms with Crippen molar-refractivity contribution in [3.05, 3.63) is 30.2 Å². The molecule has 0 N–H and O–H groups in total. The summed E-state index contributed by atoms with van der Waals surface area (Å²) in [6.45, 7) is 1.87. The standard InChI is InChI=1S/C18H19N5O3S2/c1-3-15(24)23(12-6-7-12)17-20-21-18(28-17)27-10-14-19-16(22-26-14)11-4-8-13(25-2)9-5-11/h4-5,8-9,12H,3,6-7,10H2,1-2H3. The van der Waals surface area contributed by atoms with Gasteiger partial charge in [-0.15, -0.1) is 10.2 Å². The fraction of sp³-hybridized carbons (Fsp3) is 0.389. The number of benzene rings is 1. The molecule has 28 heavy (non-hydrogen) atoms. The number of hydrogen-bond acceptors (Lipinski definition) is 9. The van der Waals surface area contributed by atoms with E-state index in [1.807, 2.05) is 31.2 Å². The first-order chi connectivity index (χ1) is 13.7. The Hall–Kier alpha value is -2.46. The van der Waals surface area contributed by atoms with Crippen LogP contribution in [0, 0.1) is 0 Å². The van der Waals surface area contributed by atoms with E-state index in [1.54, 1.807) is 12.0 Å². The number of hydrogen-bond donors (Lipinski definition) is 0. The van der Waals surface area contributed by atoms with E-state index in [9.17, 15) is 4.79 Å². The van der Waals surface area contributed by atoms with Crippen molar-refractivity contribution in [2.45, 2.75) is 42.3 Å². The van der Waals surface area contributed by atoms with Crippen molar-refractivity contribution in [1.29, 1.82) is 0 Å². The molecule has 0 unspecified atom stereocenters. The number of methoxy groups -OCH3 is 1. The van der Waals surface area contributed by atoms with Crippen LogP contribution in [0.15, 0.2) is 33.1 Å². The van der Waals surface area contributed by atoms with Gasteiger partial charge < -0.3 is 9.26 Å². The molecule has 4 rings (SSSR count). The van der Waals surface area contributed by atoms with Gasteiger partial charge in [-0.2, -0.15) is 4.98 Å². The quantitative estimate of drug-likeness (QED) is 0.404. The number of anilines is 1. The van der Waals surface area contributed by atoms with Crippen LogP contribution in [-0.4, -0.2) is 39.4 Å². The molecule has 2 heterocycles. The molecule has 1 aromatic carbocycles. The molecule has 146 valence electrons. The number of nitrogens with zero attached hydrogens (tertiary/aromatic N) is 5. The molecule has 10 heteroatoms. The molecule has 1 fully saturated rings. The van der Waals surface area contributed by atoms with Crippen molar-refractivity contribution >= 4 is 34.1 Å². The monoisotopic (exact) mass is 417 g/mol. The van der Waals surface area contributed by atoms with Crippen molar-refractivity contribution in [2.75, 3.05) is 12.0 Å². The Morgan fingerprint density at radius 3 is 2.79 bits per heavy atom. The van der Waals surface area contributed by atoms with Gasteiger partial charge in [-0.1, -0.05) is 35.2 Å². The Bertz CT molecular complexity index is 952. The number of thioether (sulfide) groups is 1. The number of amides is 1. The molecule has 0 spiro atoms.